The highest BCUT2D eigenvalue weighted by molar-refractivity contribution is 5.86. The molecule has 1 fully saturated rings. The molecule has 0 aromatic carbocycles. The number of nitrogens with one attached hydrogen (secondary N) is 1. The van der Waals surface area contributed by atoms with Gasteiger partial charge in [-0.3, -0.25) is 4.79 Å². The fraction of sp³-hybridized carbons (Fsp3) is 0.421. The van der Waals surface area contributed by atoms with Crippen molar-refractivity contribution in [1.29, 1.82) is 0 Å². The summed E-state index contributed by atoms with van der Waals surface area (Å²) in [5.74, 6) is 1.55. The molecule has 0 aliphatic heterocycles. The molecule has 1 aliphatic carbocycles. The maximum absolute atomic E-state index is 12.1. The monoisotopic (exact) mass is 350 g/mol. The van der Waals surface area contributed by atoms with Gasteiger partial charge < -0.3 is 5.32 Å². The molecule has 1 aliphatic rings. The SMILES string of the molecule is Cc1ccc(=O)n(C2CCC(Nc3nc(C)nc4ncccc34)CC2)n1. The molecule has 0 unspecified atom stereocenters. The van der Waals surface area contributed by atoms with Crippen LogP contribution in [0.4, 0.5) is 5.82 Å². The van der Waals surface area contributed by atoms with Gasteiger partial charge in [-0.2, -0.15) is 5.10 Å². The van der Waals surface area contributed by atoms with E-state index in [0.717, 1.165) is 42.6 Å². The van der Waals surface area contributed by atoms with Crippen LogP contribution in [0, 0.1) is 13.8 Å². The first-order chi connectivity index (χ1) is 12.6. The number of anilines is 1. The Kier molecular flexibility index (Phi) is 4.36. The summed E-state index contributed by atoms with van der Waals surface area (Å²) < 4.78 is 1.65. The van der Waals surface area contributed by atoms with E-state index in [1.165, 1.54) is 0 Å². The Balaban J connectivity index is 1.49. The van der Waals surface area contributed by atoms with Crippen LogP contribution in [0.5, 0.6) is 0 Å². The molecular weight excluding hydrogens is 328 g/mol. The lowest BCUT2D eigenvalue weighted by Gasteiger charge is -2.30. The minimum absolute atomic E-state index is 0.0181. The van der Waals surface area contributed by atoms with Crippen LogP contribution in [0.15, 0.2) is 35.3 Å². The molecule has 134 valence electrons. The van der Waals surface area contributed by atoms with Crippen LogP contribution in [-0.4, -0.2) is 30.8 Å². The second-order valence-electron chi connectivity index (χ2n) is 6.90. The van der Waals surface area contributed by atoms with Crippen LogP contribution in [0.1, 0.15) is 43.2 Å². The third-order valence-electron chi connectivity index (χ3n) is 4.92. The van der Waals surface area contributed by atoms with Crippen LogP contribution >= 0.6 is 0 Å². The summed E-state index contributed by atoms with van der Waals surface area (Å²) in [5.41, 5.74) is 1.57. The zero-order chi connectivity index (χ0) is 18.1. The second kappa shape index (κ2) is 6.82. The van der Waals surface area contributed by atoms with Crippen molar-refractivity contribution in [3.8, 4) is 0 Å². The summed E-state index contributed by atoms with van der Waals surface area (Å²) in [4.78, 5) is 25.4. The van der Waals surface area contributed by atoms with Crippen molar-refractivity contribution in [2.45, 2.75) is 51.6 Å². The number of hydrogen-bond acceptors (Lipinski definition) is 6. The van der Waals surface area contributed by atoms with Crippen molar-refractivity contribution in [3.05, 3.63) is 52.3 Å². The number of aryl methyl sites for hydroxylation is 2. The molecule has 3 aromatic rings. The van der Waals surface area contributed by atoms with Crippen molar-refractivity contribution in [2.75, 3.05) is 5.32 Å². The molecule has 1 N–H and O–H groups in total. The Morgan fingerprint density at radius 2 is 1.88 bits per heavy atom. The molecule has 7 nitrogen and oxygen atoms in total. The van der Waals surface area contributed by atoms with Gasteiger partial charge in [-0.15, -0.1) is 0 Å². The summed E-state index contributed by atoms with van der Waals surface area (Å²) in [5, 5.41) is 8.92. The van der Waals surface area contributed by atoms with Gasteiger partial charge in [0.2, 0.25) is 0 Å². The topological polar surface area (TPSA) is 85.6 Å². The largest absolute Gasteiger partial charge is 0.367 e. The maximum Gasteiger partial charge on any atom is 0.267 e. The van der Waals surface area contributed by atoms with E-state index in [2.05, 4.69) is 25.4 Å². The van der Waals surface area contributed by atoms with Crippen LogP contribution in [0.2, 0.25) is 0 Å². The lowest BCUT2D eigenvalue weighted by molar-refractivity contribution is 0.302. The van der Waals surface area contributed by atoms with Gasteiger partial charge in [-0.1, -0.05) is 0 Å². The fourth-order valence-corrected chi connectivity index (χ4v) is 3.62. The van der Waals surface area contributed by atoms with E-state index in [1.54, 1.807) is 23.0 Å². The number of fused-ring (bicyclic) bond motifs is 1. The van der Waals surface area contributed by atoms with Crippen molar-refractivity contribution < 1.29 is 0 Å². The van der Waals surface area contributed by atoms with E-state index >= 15 is 0 Å². The zero-order valence-corrected chi connectivity index (χ0v) is 15.0. The van der Waals surface area contributed by atoms with E-state index in [-0.39, 0.29) is 11.6 Å². The molecule has 4 rings (SSSR count). The number of nitrogens with zero attached hydrogens (tertiary/aromatic N) is 5. The first kappa shape index (κ1) is 16.6. The molecular formula is C19H22N6O. The minimum Gasteiger partial charge on any atom is -0.367 e. The molecule has 26 heavy (non-hydrogen) atoms. The first-order valence-corrected chi connectivity index (χ1v) is 9.02. The highest BCUT2D eigenvalue weighted by Gasteiger charge is 2.24. The van der Waals surface area contributed by atoms with E-state index in [9.17, 15) is 4.79 Å². The molecule has 0 atom stereocenters. The van der Waals surface area contributed by atoms with Crippen molar-refractivity contribution in [2.24, 2.45) is 0 Å². The summed E-state index contributed by atoms with van der Waals surface area (Å²) in [6, 6.07) is 7.76. The summed E-state index contributed by atoms with van der Waals surface area (Å²) in [7, 11) is 0. The molecule has 0 amide bonds. The molecule has 3 heterocycles. The zero-order valence-electron chi connectivity index (χ0n) is 15.0. The molecule has 3 aromatic heterocycles. The van der Waals surface area contributed by atoms with Crippen molar-refractivity contribution >= 4 is 16.9 Å². The Morgan fingerprint density at radius 3 is 2.69 bits per heavy atom. The fourth-order valence-electron chi connectivity index (χ4n) is 3.62. The van der Waals surface area contributed by atoms with Gasteiger partial charge in [-0.05, 0) is 57.7 Å². The summed E-state index contributed by atoms with van der Waals surface area (Å²) in [6.45, 7) is 3.80. The van der Waals surface area contributed by atoms with Crippen LogP contribution in [-0.2, 0) is 0 Å². The quantitative estimate of drug-likeness (QED) is 0.782. The molecule has 1 saturated carbocycles. The first-order valence-electron chi connectivity index (χ1n) is 9.02. The Hall–Kier alpha value is -2.83. The lowest BCUT2D eigenvalue weighted by atomic mass is 9.91. The molecule has 0 spiro atoms. The van der Waals surface area contributed by atoms with E-state index in [4.69, 9.17) is 0 Å². The predicted molar refractivity (Wildman–Crippen MR) is 100 cm³/mol. The molecule has 7 heteroatoms. The number of rotatable bonds is 3. The molecule has 0 saturated heterocycles. The average molecular weight is 350 g/mol. The number of hydrogen-bond donors (Lipinski definition) is 1. The normalized spacial score (nSPS) is 20.2. The lowest BCUT2D eigenvalue weighted by Crippen LogP contribution is -2.33. The third-order valence-corrected chi connectivity index (χ3v) is 4.92. The third kappa shape index (κ3) is 3.29. The number of pyridine rings is 1. The Bertz CT molecular complexity index is 991. The van der Waals surface area contributed by atoms with E-state index in [1.807, 2.05) is 26.0 Å². The van der Waals surface area contributed by atoms with Gasteiger partial charge in [0.15, 0.2) is 5.65 Å². The van der Waals surface area contributed by atoms with Gasteiger partial charge in [-0.25, -0.2) is 19.6 Å². The van der Waals surface area contributed by atoms with Gasteiger partial charge in [0, 0.05) is 18.3 Å². The van der Waals surface area contributed by atoms with Crippen LogP contribution < -0.4 is 10.9 Å². The van der Waals surface area contributed by atoms with Gasteiger partial charge in [0.25, 0.3) is 5.56 Å². The summed E-state index contributed by atoms with van der Waals surface area (Å²) in [6.07, 6.45) is 5.54. The minimum atomic E-state index is -0.0181. The number of aromatic nitrogens is 5. The van der Waals surface area contributed by atoms with E-state index < -0.39 is 0 Å². The smallest absolute Gasteiger partial charge is 0.267 e. The predicted octanol–water partition coefficient (Wildman–Crippen LogP) is 2.79. The van der Waals surface area contributed by atoms with Crippen LogP contribution in [0.3, 0.4) is 0 Å². The molecule has 0 radical (unpaired) electrons. The second-order valence-corrected chi connectivity index (χ2v) is 6.90. The maximum atomic E-state index is 12.1. The van der Waals surface area contributed by atoms with E-state index in [0.29, 0.717) is 17.5 Å². The van der Waals surface area contributed by atoms with Crippen molar-refractivity contribution in [1.82, 2.24) is 24.7 Å². The van der Waals surface area contributed by atoms with Gasteiger partial charge in [0.05, 0.1) is 17.1 Å². The Morgan fingerprint density at radius 1 is 1.08 bits per heavy atom. The average Bonchev–Trinajstić information content (AvgIpc) is 2.64. The highest BCUT2D eigenvalue weighted by atomic mass is 16.1. The van der Waals surface area contributed by atoms with Crippen molar-refractivity contribution in [3.63, 3.8) is 0 Å². The van der Waals surface area contributed by atoms with Crippen LogP contribution in [0.25, 0.3) is 11.0 Å². The molecule has 0 bridgehead atoms. The standard InChI is InChI=1S/C19H22N6O/c1-12-5-10-17(26)25(24-12)15-8-6-14(7-9-15)23-19-16-4-3-11-20-18(16)21-13(2)22-19/h3-5,10-11,14-15H,6-9H2,1-2H3,(H,20,21,22,23). The van der Waals surface area contributed by atoms with Gasteiger partial charge >= 0.3 is 0 Å². The highest BCUT2D eigenvalue weighted by Crippen LogP contribution is 2.30. The Labute approximate surface area is 151 Å². The summed E-state index contributed by atoms with van der Waals surface area (Å²) >= 11 is 0. The van der Waals surface area contributed by atoms with Gasteiger partial charge in [0.1, 0.15) is 11.6 Å².